The van der Waals surface area contributed by atoms with Crippen molar-refractivity contribution in [3.8, 4) is 0 Å². The molecule has 0 aliphatic heterocycles. The number of carboxylic acid groups (broad SMARTS) is 1. The maximum absolute atomic E-state index is 13.1. The highest BCUT2D eigenvalue weighted by Gasteiger charge is 2.25. The van der Waals surface area contributed by atoms with Gasteiger partial charge in [-0.25, -0.2) is 9.59 Å². The minimum atomic E-state index is -1.13. The molecule has 2 rings (SSSR count). The van der Waals surface area contributed by atoms with Gasteiger partial charge in [0, 0.05) is 13.1 Å². The molecule has 0 bridgehead atoms. The lowest BCUT2D eigenvalue weighted by Crippen LogP contribution is -2.41. The first-order valence-corrected chi connectivity index (χ1v) is 12.5. The Labute approximate surface area is 228 Å². The van der Waals surface area contributed by atoms with Gasteiger partial charge in [0.05, 0.1) is 17.5 Å². The fourth-order valence-corrected chi connectivity index (χ4v) is 3.45. The Kier molecular flexibility index (Phi) is 10.7. The van der Waals surface area contributed by atoms with Crippen molar-refractivity contribution >= 4 is 29.8 Å². The van der Waals surface area contributed by atoms with Crippen LogP contribution in [0.2, 0.25) is 0 Å². The van der Waals surface area contributed by atoms with Crippen LogP contribution in [0, 0.1) is 0 Å². The molecule has 11 heteroatoms. The summed E-state index contributed by atoms with van der Waals surface area (Å²) in [5.74, 6) is -3.35. The minimum Gasteiger partial charge on any atom is -0.481 e. The van der Waals surface area contributed by atoms with Crippen molar-refractivity contribution in [2.24, 2.45) is 0 Å². The molecule has 0 radical (unpaired) electrons. The summed E-state index contributed by atoms with van der Waals surface area (Å²) in [5.41, 5.74) is 5.54. The Morgan fingerprint density at radius 2 is 1.26 bits per heavy atom. The molecule has 0 aliphatic carbocycles. The fourth-order valence-electron chi connectivity index (χ4n) is 3.45. The van der Waals surface area contributed by atoms with Crippen molar-refractivity contribution < 1.29 is 33.8 Å². The molecule has 2 aromatic carbocycles. The molecule has 39 heavy (non-hydrogen) atoms. The lowest BCUT2D eigenvalue weighted by molar-refractivity contribution is -0.138. The zero-order valence-corrected chi connectivity index (χ0v) is 23.2. The summed E-state index contributed by atoms with van der Waals surface area (Å²) in [6.45, 7) is 10.2. The van der Waals surface area contributed by atoms with E-state index >= 15 is 0 Å². The lowest BCUT2D eigenvalue weighted by Gasteiger charge is -2.22. The molecule has 2 unspecified atom stereocenters. The number of hydrogen-bond donors (Lipinski definition) is 5. The molecular formula is C28H38N4O7. The van der Waals surface area contributed by atoms with Gasteiger partial charge in [0.2, 0.25) is 5.91 Å². The number of alkyl carbamates (subject to hydrolysis) is 2. The maximum atomic E-state index is 13.1. The fraction of sp³-hybridized carbons (Fsp3) is 0.429. The van der Waals surface area contributed by atoms with E-state index in [9.17, 15) is 24.3 Å². The van der Waals surface area contributed by atoms with E-state index in [0.29, 0.717) is 16.8 Å². The summed E-state index contributed by atoms with van der Waals surface area (Å²) in [6.07, 6.45) is -1.36. The molecule has 2 atom stereocenters. The van der Waals surface area contributed by atoms with Gasteiger partial charge in [-0.3, -0.25) is 20.4 Å². The average Bonchev–Trinajstić information content (AvgIpc) is 2.81. The number of rotatable bonds is 10. The molecule has 212 valence electrons. The Bertz CT molecular complexity index is 1140. The SMILES string of the molecule is CC(C)(C)OC(=O)NCC(C(=O)O)c1cccc(NNC(=O)C(CNC(=O)OC(C)(C)C)c2ccccc2)c1. The van der Waals surface area contributed by atoms with Gasteiger partial charge < -0.3 is 25.2 Å². The number of hydrogen-bond acceptors (Lipinski definition) is 7. The van der Waals surface area contributed by atoms with Crippen LogP contribution in [-0.2, 0) is 19.1 Å². The third-order valence-electron chi connectivity index (χ3n) is 5.13. The van der Waals surface area contributed by atoms with Crippen molar-refractivity contribution in [1.82, 2.24) is 16.1 Å². The molecule has 11 nitrogen and oxygen atoms in total. The highest BCUT2D eigenvalue weighted by atomic mass is 16.6. The van der Waals surface area contributed by atoms with Crippen LogP contribution in [0.1, 0.15) is 64.5 Å². The van der Waals surface area contributed by atoms with Gasteiger partial charge in [-0.15, -0.1) is 0 Å². The number of amides is 3. The van der Waals surface area contributed by atoms with Crippen molar-refractivity contribution in [2.45, 2.75) is 64.6 Å². The average molecular weight is 543 g/mol. The lowest BCUT2D eigenvalue weighted by atomic mass is 9.98. The van der Waals surface area contributed by atoms with E-state index in [2.05, 4.69) is 21.5 Å². The molecule has 0 heterocycles. The van der Waals surface area contributed by atoms with Gasteiger partial charge in [0.25, 0.3) is 0 Å². The molecule has 5 N–H and O–H groups in total. The summed E-state index contributed by atoms with van der Waals surface area (Å²) in [6, 6.07) is 15.4. The van der Waals surface area contributed by atoms with Crippen LogP contribution in [0.5, 0.6) is 0 Å². The van der Waals surface area contributed by atoms with E-state index in [1.165, 1.54) is 0 Å². The second kappa shape index (κ2) is 13.5. The van der Waals surface area contributed by atoms with Crippen LogP contribution in [0.3, 0.4) is 0 Å². The Morgan fingerprint density at radius 1 is 0.744 bits per heavy atom. The van der Waals surface area contributed by atoms with Gasteiger partial charge in [-0.05, 0) is 64.8 Å². The molecule has 0 saturated heterocycles. The molecule has 0 spiro atoms. The number of nitrogens with one attached hydrogen (secondary N) is 4. The largest absolute Gasteiger partial charge is 0.481 e. The predicted molar refractivity (Wildman–Crippen MR) is 146 cm³/mol. The number of aliphatic carboxylic acids is 1. The third kappa shape index (κ3) is 11.3. The van der Waals surface area contributed by atoms with E-state index in [1.807, 2.05) is 6.07 Å². The summed E-state index contributed by atoms with van der Waals surface area (Å²) >= 11 is 0. The number of carbonyl (C=O) groups is 4. The zero-order valence-electron chi connectivity index (χ0n) is 23.2. The smallest absolute Gasteiger partial charge is 0.407 e. The van der Waals surface area contributed by atoms with Crippen LogP contribution in [-0.4, -0.2) is 53.5 Å². The van der Waals surface area contributed by atoms with E-state index < -0.39 is 47.1 Å². The van der Waals surface area contributed by atoms with E-state index in [0.717, 1.165) is 0 Å². The molecular weight excluding hydrogens is 504 g/mol. The van der Waals surface area contributed by atoms with Gasteiger partial charge in [0.1, 0.15) is 11.2 Å². The predicted octanol–water partition coefficient (Wildman–Crippen LogP) is 4.13. The Balaban J connectivity index is 2.08. The van der Waals surface area contributed by atoms with Gasteiger partial charge in [-0.2, -0.15) is 0 Å². The number of carboxylic acids is 1. The molecule has 0 aromatic heterocycles. The monoisotopic (exact) mass is 542 g/mol. The second-order valence-corrected chi connectivity index (χ2v) is 10.9. The van der Waals surface area contributed by atoms with Gasteiger partial charge >= 0.3 is 18.2 Å². The maximum Gasteiger partial charge on any atom is 0.407 e. The summed E-state index contributed by atoms with van der Waals surface area (Å²) in [5, 5.41) is 14.8. The number of anilines is 1. The Morgan fingerprint density at radius 3 is 1.77 bits per heavy atom. The van der Waals surface area contributed by atoms with E-state index in [4.69, 9.17) is 9.47 Å². The number of benzene rings is 2. The van der Waals surface area contributed by atoms with Gasteiger partial charge in [-0.1, -0.05) is 42.5 Å². The molecule has 3 amide bonds. The first-order chi connectivity index (χ1) is 18.1. The normalized spacial score (nSPS) is 12.9. The van der Waals surface area contributed by atoms with Crippen molar-refractivity contribution in [2.75, 3.05) is 18.5 Å². The highest BCUT2D eigenvalue weighted by Crippen LogP contribution is 2.21. The standard InChI is InChI=1S/C28H38N4O7/c1-27(2,3)38-25(36)29-16-21(18-11-8-7-9-12-18)23(33)32-31-20-14-10-13-19(15-20)22(24(34)35)17-30-26(37)39-28(4,5)6/h7-15,21-22,31H,16-17H2,1-6H3,(H,29,36)(H,30,37)(H,32,33)(H,34,35). The number of hydrazine groups is 1. The summed E-state index contributed by atoms with van der Waals surface area (Å²) < 4.78 is 10.4. The number of carbonyl (C=O) groups excluding carboxylic acids is 3. The van der Waals surface area contributed by atoms with Crippen LogP contribution < -0.4 is 21.5 Å². The van der Waals surface area contributed by atoms with Crippen molar-refractivity contribution in [1.29, 1.82) is 0 Å². The summed E-state index contributed by atoms with van der Waals surface area (Å²) in [4.78, 5) is 49.2. The molecule has 0 saturated carbocycles. The first-order valence-electron chi connectivity index (χ1n) is 12.5. The topological polar surface area (TPSA) is 155 Å². The van der Waals surface area contributed by atoms with Crippen LogP contribution >= 0.6 is 0 Å². The van der Waals surface area contributed by atoms with Crippen LogP contribution in [0.25, 0.3) is 0 Å². The third-order valence-corrected chi connectivity index (χ3v) is 5.13. The van der Waals surface area contributed by atoms with Crippen LogP contribution in [0.15, 0.2) is 54.6 Å². The number of ether oxygens (including phenoxy) is 2. The molecule has 0 fully saturated rings. The van der Waals surface area contributed by atoms with Gasteiger partial charge in [0.15, 0.2) is 0 Å². The van der Waals surface area contributed by atoms with Crippen molar-refractivity contribution in [3.05, 3.63) is 65.7 Å². The first kappa shape index (κ1) is 30.9. The van der Waals surface area contributed by atoms with Crippen molar-refractivity contribution in [3.63, 3.8) is 0 Å². The highest BCUT2D eigenvalue weighted by molar-refractivity contribution is 5.85. The summed E-state index contributed by atoms with van der Waals surface area (Å²) in [7, 11) is 0. The van der Waals surface area contributed by atoms with E-state index in [1.54, 1.807) is 90.1 Å². The Hall–Kier alpha value is -4.28. The molecule has 2 aromatic rings. The minimum absolute atomic E-state index is 0.0100. The van der Waals surface area contributed by atoms with Crippen LogP contribution in [0.4, 0.5) is 15.3 Å². The second-order valence-electron chi connectivity index (χ2n) is 10.9. The van der Waals surface area contributed by atoms with E-state index in [-0.39, 0.29) is 13.1 Å². The zero-order chi connectivity index (χ0) is 29.2. The quantitative estimate of drug-likeness (QED) is 0.281. The molecule has 0 aliphatic rings.